The number of benzene rings is 1. The van der Waals surface area contributed by atoms with Gasteiger partial charge < -0.3 is 15.0 Å². The molecule has 11 heteroatoms. The van der Waals surface area contributed by atoms with E-state index in [2.05, 4.69) is 31.0 Å². The van der Waals surface area contributed by atoms with Crippen LogP contribution in [-0.4, -0.2) is 63.5 Å². The van der Waals surface area contributed by atoms with Crippen molar-refractivity contribution in [1.82, 2.24) is 20.8 Å². The average molecular weight is 479 g/mol. The molecule has 1 aliphatic carbocycles. The number of anilines is 3. The summed E-state index contributed by atoms with van der Waals surface area (Å²) in [5.41, 5.74) is 7.12. The first kappa shape index (κ1) is 23.8. The summed E-state index contributed by atoms with van der Waals surface area (Å²) in [6.45, 7) is 2.01. The van der Waals surface area contributed by atoms with Crippen molar-refractivity contribution >= 4 is 27.3 Å². The number of hydrogen-bond acceptors (Lipinski definition) is 9. The number of halogens is 1. The third-order valence-electron chi connectivity index (χ3n) is 6.32. The van der Waals surface area contributed by atoms with Crippen LogP contribution in [0, 0.1) is 11.7 Å². The molecule has 1 aromatic carbocycles. The van der Waals surface area contributed by atoms with E-state index in [9.17, 15) is 8.42 Å². The van der Waals surface area contributed by atoms with Gasteiger partial charge in [0.05, 0.1) is 11.1 Å². The summed E-state index contributed by atoms with van der Waals surface area (Å²) in [6, 6.07) is 6.89. The van der Waals surface area contributed by atoms with Gasteiger partial charge in [0.1, 0.15) is 0 Å². The van der Waals surface area contributed by atoms with Gasteiger partial charge in [-0.2, -0.15) is 4.98 Å². The van der Waals surface area contributed by atoms with E-state index in [1.54, 1.807) is 19.2 Å². The summed E-state index contributed by atoms with van der Waals surface area (Å²) in [7, 11) is -1.70. The SMILES string of the molecule is COCCCN(c1nc(Nc2cccc(S(C)(=O)=O)c2)ncc1F)C1CCCC2NNCC21. The third kappa shape index (κ3) is 5.60. The van der Waals surface area contributed by atoms with Crippen LogP contribution >= 0.6 is 0 Å². The summed E-state index contributed by atoms with van der Waals surface area (Å²) in [5, 5.41) is 3.03. The second-order valence-corrected chi connectivity index (χ2v) is 10.6. The molecule has 9 nitrogen and oxygen atoms in total. The lowest BCUT2D eigenvalue weighted by molar-refractivity contribution is 0.192. The van der Waals surface area contributed by atoms with Gasteiger partial charge in [0.25, 0.3) is 0 Å². The van der Waals surface area contributed by atoms with Gasteiger partial charge in [0.2, 0.25) is 5.95 Å². The van der Waals surface area contributed by atoms with Crippen LogP contribution in [0.4, 0.5) is 21.8 Å². The van der Waals surface area contributed by atoms with Crippen LogP contribution in [0.1, 0.15) is 25.7 Å². The average Bonchev–Trinajstić information content (AvgIpc) is 3.27. The largest absolute Gasteiger partial charge is 0.385 e. The van der Waals surface area contributed by atoms with Crippen LogP contribution in [0.2, 0.25) is 0 Å². The van der Waals surface area contributed by atoms with Crippen LogP contribution in [0.3, 0.4) is 0 Å². The van der Waals surface area contributed by atoms with Gasteiger partial charge >= 0.3 is 0 Å². The van der Waals surface area contributed by atoms with Gasteiger partial charge in [-0.3, -0.25) is 10.9 Å². The Labute approximate surface area is 194 Å². The maximum Gasteiger partial charge on any atom is 0.229 e. The maximum absolute atomic E-state index is 15.1. The number of hydrogen-bond donors (Lipinski definition) is 3. The second kappa shape index (κ2) is 10.3. The fourth-order valence-corrected chi connectivity index (χ4v) is 5.42. The molecule has 1 saturated carbocycles. The molecule has 3 unspecified atom stereocenters. The molecule has 1 saturated heterocycles. The van der Waals surface area contributed by atoms with Gasteiger partial charge in [-0.05, 0) is 43.9 Å². The molecule has 180 valence electrons. The van der Waals surface area contributed by atoms with Crippen molar-refractivity contribution in [2.24, 2.45) is 5.92 Å². The zero-order chi connectivity index (χ0) is 23.4. The van der Waals surface area contributed by atoms with Crippen LogP contribution in [-0.2, 0) is 14.6 Å². The molecule has 1 aromatic heterocycles. The van der Waals surface area contributed by atoms with E-state index in [4.69, 9.17) is 4.74 Å². The highest BCUT2D eigenvalue weighted by atomic mass is 32.2. The predicted molar refractivity (Wildman–Crippen MR) is 125 cm³/mol. The Balaban J connectivity index is 1.63. The highest BCUT2D eigenvalue weighted by molar-refractivity contribution is 7.90. The van der Waals surface area contributed by atoms with Gasteiger partial charge in [-0.15, -0.1) is 0 Å². The van der Waals surface area contributed by atoms with Crippen molar-refractivity contribution in [1.29, 1.82) is 0 Å². The minimum atomic E-state index is -3.35. The Kier molecular flexibility index (Phi) is 7.42. The first-order valence-electron chi connectivity index (χ1n) is 11.2. The van der Waals surface area contributed by atoms with Gasteiger partial charge in [0, 0.05) is 56.8 Å². The molecule has 0 spiro atoms. The van der Waals surface area contributed by atoms with Crippen molar-refractivity contribution in [2.45, 2.75) is 42.7 Å². The summed E-state index contributed by atoms with van der Waals surface area (Å²) >= 11 is 0. The summed E-state index contributed by atoms with van der Waals surface area (Å²) in [6.07, 6.45) is 6.17. The fraction of sp³-hybridized carbons (Fsp3) is 0.545. The molecular weight excluding hydrogens is 447 g/mol. The predicted octanol–water partition coefficient (Wildman–Crippen LogP) is 2.25. The number of ether oxygens (including phenoxy) is 1. The van der Waals surface area contributed by atoms with E-state index in [1.165, 1.54) is 18.3 Å². The quantitative estimate of drug-likeness (QED) is 0.468. The van der Waals surface area contributed by atoms with Crippen LogP contribution in [0.5, 0.6) is 0 Å². The third-order valence-corrected chi connectivity index (χ3v) is 7.43. The number of nitrogens with zero attached hydrogens (tertiary/aromatic N) is 3. The minimum absolute atomic E-state index is 0.133. The topological polar surface area (TPSA) is 108 Å². The fourth-order valence-electron chi connectivity index (χ4n) is 4.76. The van der Waals surface area contributed by atoms with Crippen LogP contribution < -0.4 is 21.1 Å². The molecule has 2 fully saturated rings. The maximum atomic E-state index is 15.1. The zero-order valence-corrected chi connectivity index (χ0v) is 19.7. The molecule has 2 aromatic rings. The van der Waals surface area contributed by atoms with Crippen molar-refractivity contribution < 1.29 is 17.5 Å². The number of sulfone groups is 1. The van der Waals surface area contributed by atoms with E-state index in [0.717, 1.165) is 38.5 Å². The Morgan fingerprint density at radius 3 is 2.97 bits per heavy atom. The van der Waals surface area contributed by atoms with Crippen molar-refractivity contribution in [3.05, 3.63) is 36.3 Å². The van der Waals surface area contributed by atoms with Crippen molar-refractivity contribution in [3.8, 4) is 0 Å². The Hall–Kier alpha value is -2.34. The number of methoxy groups -OCH3 is 1. The van der Waals surface area contributed by atoms with Crippen molar-refractivity contribution in [3.63, 3.8) is 0 Å². The number of fused-ring (bicyclic) bond motifs is 1. The second-order valence-electron chi connectivity index (χ2n) is 8.62. The Bertz CT molecular complexity index is 1070. The lowest BCUT2D eigenvalue weighted by Gasteiger charge is -2.41. The van der Waals surface area contributed by atoms with E-state index < -0.39 is 15.7 Å². The first-order valence-corrected chi connectivity index (χ1v) is 13.1. The van der Waals surface area contributed by atoms with E-state index in [-0.39, 0.29) is 22.7 Å². The number of aromatic nitrogens is 2. The number of rotatable bonds is 9. The summed E-state index contributed by atoms with van der Waals surface area (Å²) in [5.74, 6) is 0.326. The summed E-state index contributed by atoms with van der Waals surface area (Å²) in [4.78, 5) is 10.9. The normalized spacial score (nSPS) is 22.7. The highest BCUT2D eigenvalue weighted by Crippen LogP contribution is 2.34. The monoisotopic (exact) mass is 478 g/mol. The molecule has 1 aliphatic heterocycles. The summed E-state index contributed by atoms with van der Waals surface area (Å²) < 4.78 is 44.0. The van der Waals surface area contributed by atoms with Gasteiger partial charge in [-0.25, -0.2) is 17.8 Å². The molecular formula is C22H31FN6O3S. The molecule has 2 aliphatic rings. The standard InChI is InChI=1S/C22H31FN6O3S/c1-32-11-5-10-29(20-9-4-8-19-17(20)13-25-28-19)21-18(23)14-24-22(27-21)26-15-6-3-7-16(12-15)33(2,30)31/h3,6-7,12,14,17,19-20,25,28H,4-5,8-11,13H2,1-2H3,(H,24,26,27). The first-order chi connectivity index (χ1) is 15.9. The lowest BCUT2D eigenvalue weighted by Crippen LogP contribution is -2.50. The molecule has 33 heavy (non-hydrogen) atoms. The Morgan fingerprint density at radius 1 is 1.33 bits per heavy atom. The molecule has 0 amide bonds. The number of hydrazine groups is 1. The lowest BCUT2D eigenvalue weighted by atomic mass is 9.80. The molecule has 0 bridgehead atoms. The van der Waals surface area contributed by atoms with Gasteiger partial charge in [-0.1, -0.05) is 6.07 Å². The molecule has 0 radical (unpaired) electrons. The number of nitrogens with one attached hydrogen (secondary N) is 3. The minimum Gasteiger partial charge on any atom is -0.385 e. The van der Waals surface area contributed by atoms with Crippen LogP contribution in [0.25, 0.3) is 0 Å². The van der Waals surface area contributed by atoms with E-state index in [0.29, 0.717) is 30.8 Å². The smallest absolute Gasteiger partial charge is 0.229 e. The van der Waals surface area contributed by atoms with E-state index in [1.807, 2.05) is 0 Å². The highest BCUT2D eigenvalue weighted by Gasteiger charge is 2.40. The molecule has 2 heterocycles. The van der Waals surface area contributed by atoms with Gasteiger partial charge in [0.15, 0.2) is 21.5 Å². The zero-order valence-electron chi connectivity index (χ0n) is 18.9. The molecule has 3 atom stereocenters. The van der Waals surface area contributed by atoms with Crippen LogP contribution in [0.15, 0.2) is 35.4 Å². The molecule has 3 N–H and O–H groups in total. The Morgan fingerprint density at radius 2 is 2.18 bits per heavy atom. The van der Waals surface area contributed by atoms with Crippen molar-refractivity contribution in [2.75, 3.05) is 43.3 Å². The molecule has 4 rings (SSSR count). The van der Waals surface area contributed by atoms with E-state index >= 15 is 4.39 Å².